The lowest BCUT2D eigenvalue weighted by Crippen LogP contribution is -2.52. The number of hydrogen-bond acceptors (Lipinski definition) is 6. The third-order valence-corrected chi connectivity index (χ3v) is 2.92. The summed E-state index contributed by atoms with van der Waals surface area (Å²) in [4.78, 5) is 34.7. The molecule has 0 saturated heterocycles. The minimum Gasteiger partial charge on any atom is -0.467 e. The van der Waals surface area contributed by atoms with Crippen LogP contribution in [0.2, 0.25) is 0 Å². The normalized spacial score (nSPS) is 12.7. The first-order valence-corrected chi connectivity index (χ1v) is 6.94. The molecular formula is C15H20N2O6. The standard InChI is InChI=1S/C15H20N2O6/c1-10(14(20)22-2)16-13(19)12(8-18)17-15(21)23-9-11-6-4-3-5-7-11/h3-7,10,12,18H,8-9H2,1-2H3,(H,16,19)(H,17,21)/t10-,12?/m0/s1. The van der Waals surface area contributed by atoms with Crippen molar-refractivity contribution in [1.82, 2.24) is 10.6 Å². The highest BCUT2D eigenvalue weighted by atomic mass is 16.5. The molecule has 126 valence electrons. The van der Waals surface area contributed by atoms with Crippen LogP contribution < -0.4 is 10.6 Å². The van der Waals surface area contributed by atoms with Gasteiger partial charge in [0.05, 0.1) is 13.7 Å². The molecular weight excluding hydrogens is 304 g/mol. The highest BCUT2D eigenvalue weighted by Gasteiger charge is 2.24. The van der Waals surface area contributed by atoms with Crippen LogP contribution in [-0.2, 0) is 25.7 Å². The van der Waals surface area contributed by atoms with E-state index in [9.17, 15) is 19.5 Å². The van der Waals surface area contributed by atoms with Crippen LogP contribution >= 0.6 is 0 Å². The number of aliphatic hydroxyl groups excluding tert-OH is 1. The number of alkyl carbamates (subject to hydrolysis) is 1. The number of nitrogens with one attached hydrogen (secondary N) is 2. The van der Waals surface area contributed by atoms with Gasteiger partial charge in [0.1, 0.15) is 18.7 Å². The summed E-state index contributed by atoms with van der Waals surface area (Å²) >= 11 is 0. The average molecular weight is 324 g/mol. The molecule has 2 amide bonds. The van der Waals surface area contributed by atoms with E-state index in [4.69, 9.17) is 4.74 Å². The van der Waals surface area contributed by atoms with Crippen molar-refractivity contribution in [3.63, 3.8) is 0 Å². The van der Waals surface area contributed by atoms with E-state index in [0.29, 0.717) is 0 Å². The molecule has 0 spiro atoms. The van der Waals surface area contributed by atoms with Gasteiger partial charge in [-0.3, -0.25) is 4.79 Å². The maximum Gasteiger partial charge on any atom is 0.408 e. The van der Waals surface area contributed by atoms with Crippen LogP contribution in [-0.4, -0.2) is 48.9 Å². The number of rotatable bonds is 7. The van der Waals surface area contributed by atoms with Crippen LogP contribution in [0.5, 0.6) is 0 Å². The predicted octanol–water partition coefficient (Wildman–Crippen LogP) is -0.0486. The smallest absolute Gasteiger partial charge is 0.408 e. The van der Waals surface area contributed by atoms with E-state index in [1.165, 1.54) is 14.0 Å². The summed E-state index contributed by atoms with van der Waals surface area (Å²) < 4.78 is 9.42. The van der Waals surface area contributed by atoms with E-state index in [-0.39, 0.29) is 6.61 Å². The lowest BCUT2D eigenvalue weighted by molar-refractivity contribution is -0.144. The highest BCUT2D eigenvalue weighted by Crippen LogP contribution is 2.01. The number of amides is 2. The van der Waals surface area contributed by atoms with Gasteiger partial charge < -0.3 is 25.2 Å². The van der Waals surface area contributed by atoms with Crippen LogP contribution in [0.25, 0.3) is 0 Å². The van der Waals surface area contributed by atoms with E-state index in [0.717, 1.165) is 5.56 Å². The van der Waals surface area contributed by atoms with E-state index >= 15 is 0 Å². The minimum absolute atomic E-state index is 0.0327. The molecule has 1 rings (SSSR count). The molecule has 0 aliphatic heterocycles. The Balaban J connectivity index is 2.46. The van der Waals surface area contributed by atoms with E-state index in [1.807, 2.05) is 6.07 Å². The first-order valence-electron chi connectivity index (χ1n) is 6.94. The number of carbonyl (C=O) groups is 3. The second-order valence-corrected chi connectivity index (χ2v) is 4.69. The maximum atomic E-state index is 11.9. The number of benzene rings is 1. The molecule has 23 heavy (non-hydrogen) atoms. The molecule has 0 saturated carbocycles. The second-order valence-electron chi connectivity index (χ2n) is 4.69. The van der Waals surface area contributed by atoms with Gasteiger partial charge in [0.2, 0.25) is 5.91 Å². The van der Waals surface area contributed by atoms with Crippen LogP contribution in [0.15, 0.2) is 30.3 Å². The number of hydrogen-bond donors (Lipinski definition) is 3. The van der Waals surface area contributed by atoms with Crippen molar-refractivity contribution < 1.29 is 29.0 Å². The molecule has 0 aromatic heterocycles. The van der Waals surface area contributed by atoms with Gasteiger partial charge in [0.15, 0.2) is 0 Å². The Morgan fingerprint density at radius 3 is 2.39 bits per heavy atom. The summed E-state index contributed by atoms with van der Waals surface area (Å²) in [6.45, 7) is 0.817. The molecule has 1 aromatic carbocycles. The summed E-state index contributed by atoms with van der Waals surface area (Å²) in [6, 6.07) is 6.86. The third-order valence-electron chi connectivity index (χ3n) is 2.92. The van der Waals surface area contributed by atoms with Gasteiger partial charge in [0.25, 0.3) is 0 Å². The maximum absolute atomic E-state index is 11.9. The van der Waals surface area contributed by atoms with Gasteiger partial charge in [-0.1, -0.05) is 30.3 Å². The number of methoxy groups -OCH3 is 1. The first-order chi connectivity index (χ1) is 11.0. The zero-order chi connectivity index (χ0) is 17.2. The highest BCUT2D eigenvalue weighted by molar-refractivity contribution is 5.89. The van der Waals surface area contributed by atoms with Crippen molar-refractivity contribution in [2.75, 3.05) is 13.7 Å². The van der Waals surface area contributed by atoms with Crippen LogP contribution in [0.1, 0.15) is 12.5 Å². The molecule has 2 atom stereocenters. The van der Waals surface area contributed by atoms with Crippen molar-refractivity contribution in [2.24, 2.45) is 0 Å². The first kappa shape index (κ1) is 18.4. The van der Waals surface area contributed by atoms with E-state index in [1.54, 1.807) is 24.3 Å². The van der Waals surface area contributed by atoms with E-state index < -0.39 is 36.7 Å². The van der Waals surface area contributed by atoms with Gasteiger partial charge >= 0.3 is 12.1 Å². The Bertz CT molecular complexity index is 534. The zero-order valence-electron chi connectivity index (χ0n) is 12.9. The quantitative estimate of drug-likeness (QED) is 0.606. The number of carbonyl (C=O) groups excluding carboxylic acids is 3. The minimum atomic E-state index is -1.23. The summed E-state index contributed by atoms with van der Waals surface area (Å²) in [5.41, 5.74) is 0.784. The molecule has 0 heterocycles. The van der Waals surface area contributed by atoms with Crippen LogP contribution in [0.3, 0.4) is 0 Å². The number of ether oxygens (including phenoxy) is 2. The van der Waals surface area contributed by atoms with E-state index in [2.05, 4.69) is 15.4 Å². The zero-order valence-corrected chi connectivity index (χ0v) is 12.9. The topological polar surface area (TPSA) is 114 Å². The van der Waals surface area contributed by atoms with Gasteiger partial charge in [-0.25, -0.2) is 9.59 Å². The molecule has 1 aromatic rings. The Morgan fingerprint density at radius 2 is 1.83 bits per heavy atom. The predicted molar refractivity (Wildman–Crippen MR) is 80.3 cm³/mol. The number of aliphatic hydroxyl groups is 1. The van der Waals surface area contributed by atoms with Gasteiger partial charge in [-0.05, 0) is 12.5 Å². The molecule has 1 unspecified atom stereocenters. The molecule has 0 aliphatic rings. The fourth-order valence-corrected chi connectivity index (χ4v) is 1.65. The average Bonchev–Trinajstić information content (AvgIpc) is 2.57. The Labute approximate surface area is 133 Å². The molecule has 0 fully saturated rings. The monoisotopic (exact) mass is 324 g/mol. The molecule has 0 bridgehead atoms. The third kappa shape index (κ3) is 6.35. The molecule has 8 heteroatoms. The fraction of sp³-hybridized carbons (Fsp3) is 0.400. The molecule has 0 radical (unpaired) electrons. The molecule has 8 nitrogen and oxygen atoms in total. The lowest BCUT2D eigenvalue weighted by Gasteiger charge is -2.18. The van der Waals surface area contributed by atoms with Crippen molar-refractivity contribution in [2.45, 2.75) is 25.6 Å². The van der Waals surface area contributed by atoms with Crippen molar-refractivity contribution in [3.8, 4) is 0 Å². The van der Waals surface area contributed by atoms with Crippen molar-refractivity contribution >= 4 is 18.0 Å². The Hall–Kier alpha value is -2.61. The van der Waals surface area contributed by atoms with Crippen LogP contribution in [0.4, 0.5) is 4.79 Å². The summed E-state index contributed by atoms with van der Waals surface area (Å²) in [7, 11) is 1.19. The van der Waals surface area contributed by atoms with Crippen molar-refractivity contribution in [3.05, 3.63) is 35.9 Å². The lowest BCUT2D eigenvalue weighted by atomic mass is 10.2. The van der Waals surface area contributed by atoms with Gasteiger partial charge in [-0.2, -0.15) is 0 Å². The Morgan fingerprint density at radius 1 is 1.17 bits per heavy atom. The molecule has 0 aliphatic carbocycles. The number of esters is 1. The van der Waals surface area contributed by atoms with Gasteiger partial charge in [0, 0.05) is 0 Å². The van der Waals surface area contributed by atoms with Crippen LogP contribution in [0, 0.1) is 0 Å². The van der Waals surface area contributed by atoms with Gasteiger partial charge in [-0.15, -0.1) is 0 Å². The Kier molecular flexibility index (Phi) is 7.55. The fourth-order valence-electron chi connectivity index (χ4n) is 1.65. The largest absolute Gasteiger partial charge is 0.467 e. The summed E-state index contributed by atoms with van der Waals surface area (Å²) in [6.07, 6.45) is -0.853. The molecule has 3 N–H and O–H groups in total. The summed E-state index contributed by atoms with van der Waals surface area (Å²) in [5, 5.41) is 13.7. The second kappa shape index (κ2) is 9.42. The SMILES string of the molecule is COC(=O)[C@H](C)NC(=O)C(CO)NC(=O)OCc1ccccc1. The van der Waals surface area contributed by atoms with Crippen molar-refractivity contribution in [1.29, 1.82) is 0 Å². The summed E-state index contributed by atoms with van der Waals surface area (Å²) in [5.74, 6) is -1.36.